The molecule has 2 aromatic carbocycles. The first-order valence-corrected chi connectivity index (χ1v) is 10.00. The van der Waals surface area contributed by atoms with Gasteiger partial charge in [0.15, 0.2) is 5.84 Å². The number of nitrogens with zero attached hydrogens (tertiary/aromatic N) is 1. The van der Waals surface area contributed by atoms with Crippen LogP contribution >= 0.6 is 23.4 Å². The SMILES string of the molecule is Cc1cc2c(cc1Cl)S/C(=C/C(=O)O)C(Nc1ccccc1)=NS2(=O)=O. The summed E-state index contributed by atoms with van der Waals surface area (Å²) >= 11 is 7.10. The zero-order chi connectivity index (χ0) is 18.9. The number of fused-ring (bicyclic) bond motifs is 1. The van der Waals surface area contributed by atoms with Gasteiger partial charge in [-0.1, -0.05) is 41.6 Å². The van der Waals surface area contributed by atoms with E-state index in [4.69, 9.17) is 11.6 Å². The van der Waals surface area contributed by atoms with Crippen molar-refractivity contribution in [3.8, 4) is 0 Å². The van der Waals surface area contributed by atoms with Crippen LogP contribution in [0.3, 0.4) is 0 Å². The van der Waals surface area contributed by atoms with E-state index in [1.54, 1.807) is 37.3 Å². The van der Waals surface area contributed by atoms with E-state index < -0.39 is 16.0 Å². The van der Waals surface area contributed by atoms with Crippen molar-refractivity contribution in [1.82, 2.24) is 0 Å². The maximum absolute atomic E-state index is 12.7. The third kappa shape index (κ3) is 3.92. The van der Waals surface area contributed by atoms with Crippen LogP contribution in [-0.4, -0.2) is 25.3 Å². The Labute approximate surface area is 159 Å². The van der Waals surface area contributed by atoms with E-state index in [1.165, 1.54) is 12.1 Å². The molecule has 0 atom stereocenters. The van der Waals surface area contributed by atoms with Gasteiger partial charge in [-0.3, -0.25) is 0 Å². The summed E-state index contributed by atoms with van der Waals surface area (Å²) in [5.41, 5.74) is 1.17. The highest BCUT2D eigenvalue weighted by atomic mass is 35.5. The van der Waals surface area contributed by atoms with E-state index in [-0.39, 0.29) is 15.6 Å². The van der Waals surface area contributed by atoms with Crippen LogP contribution in [0.5, 0.6) is 0 Å². The molecule has 0 spiro atoms. The molecule has 0 saturated heterocycles. The van der Waals surface area contributed by atoms with Gasteiger partial charge in [0.05, 0.1) is 4.91 Å². The van der Waals surface area contributed by atoms with E-state index >= 15 is 0 Å². The van der Waals surface area contributed by atoms with Gasteiger partial charge in [0.1, 0.15) is 4.90 Å². The van der Waals surface area contributed by atoms with Crippen LogP contribution in [0.1, 0.15) is 5.56 Å². The lowest BCUT2D eigenvalue weighted by Crippen LogP contribution is -2.15. The first-order chi connectivity index (χ1) is 12.3. The minimum atomic E-state index is -4.04. The van der Waals surface area contributed by atoms with Gasteiger partial charge in [-0.25, -0.2) is 4.79 Å². The van der Waals surface area contributed by atoms with Gasteiger partial charge in [0.2, 0.25) is 0 Å². The van der Waals surface area contributed by atoms with Gasteiger partial charge < -0.3 is 10.4 Å². The molecule has 0 radical (unpaired) electrons. The first-order valence-electron chi connectivity index (χ1n) is 7.36. The number of anilines is 1. The molecule has 2 aromatic rings. The summed E-state index contributed by atoms with van der Waals surface area (Å²) in [6, 6.07) is 11.7. The fourth-order valence-corrected chi connectivity index (χ4v) is 5.03. The Hall–Kier alpha value is -2.29. The van der Waals surface area contributed by atoms with E-state index in [9.17, 15) is 18.3 Å². The molecule has 1 heterocycles. The Kier molecular flexibility index (Phi) is 5.08. The Balaban J connectivity index is 2.18. The molecule has 0 fully saturated rings. The highest BCUT2D eigenvalue weighted by Gasteiger charge is 2.28. The molecular formula is C17H13ClN2O4S2. The molecule has 1 aliphatic heterocycles. The fraction of sp³-hybridized carbons (Fsp3) is 0.0588. The number of hydrogen-bond donors (Lipinski definition) is 2. The first kappa shape index (κ1) is 18.5. The normalized spacial score (nSPS) is 17.2. The minimum absolute atomic E-state index is 0.00875. The average molecular weight is 409 g/mol. The maximum Gasteiger partial charge on any atom is 0.329 e. The number of hydrogen-bond acceptors (Lipinski definition) is 5. The molecular weight excluding hydrogens is 396 g/mol. The molecule has 6 nitrogen and oxygen atoms in total. The van der Waals surface area contributed by atoms with Crippen molar-refractivity contribution < 1.29 is 18.3 Å². The van der Waals surface area contributed by atoms with E-state index in [2.05, 4.69) is 9.71 Å². The number of carboxylic acids is 1. The summed E-state index contributed by atoms with van der Waals surface area (Å²) in [6.07, 6.45) is 0.915. The number of thioether (sulfide) groups is 1. The summed E-state index contributed by atoms with van der Waals surface area (Å²) in [7, 11) is -4.04. The predicted molar refractivity (Wildman–Crippen MR) is 102 cm³/mol. The number of nitrogens with one attached hydrogen (secondary N) is 1. The molecule has 2 N–H and O–H groups in total. The van der Waals surface area contributed by atoms with Gasteiger partial charge in [-0.15, -0.1) is 4.40 Å². The third-order valence-corrected chi connectivity index (χ3v) is 6.40. The van der Waals surface area contributed by atoms with Crippen molar-refractivity contribution in [2.45, 2.75) is 16.7 Å². The smallest absolute Gasteiger partial charge is 0.329 e. The second-order valence-corrected chi connectivity index (χ2v) is 8.47. The van der Waals surface area contributed by atoms with E-state index in [0.29, 0.717) is 21.2 Å². The van der Waals surface area contributed by atoms with Crippen molar-refractivity contribution in [2.24, 2.45) is 4.40 Å². The molecule has 0 bridgehead atoms. The van der Waals surface area contributed by atoms with Gasteiger partial charge >= 0.3 is 5.97 Å². The lowest BCUT2D eigenvalue weighted by molar-refractivity contribution is -0.131. The lowest BCUT2D eigenvalue weighted by Gasteiger charge is -2.10. The molecule has 3 rings (SSSR count). The zero-order valence-corrected chi connectivity index (χ0v) is 15.8. The Morgan fingerprint density at radius 2 is 1.96 bits per heavy atom. The molecule has 9 heteroatoms. The van der Waals surface area contributed by atoms with E-state index in [0.717, 1.165) is 17.8 Å². The van der Waals surface area contributed by atoms with Crippen LogP contribution in [0.15, 0.2) is 67.6 Å². The van der Waals surface area contributed by atoms with Crippen LogP contribution in [0.25, 0.3) is 0 Å². The van der Waals surface area contributed by atoms with E-state index in [1.807, 2.05) is 0 Å². The predicted octanol–water partition coefficient (Wildman–Crippen LogP) is 3.92. The fourth-order valence-electron chi connectivity index (χ4n) is 2.25. The quantitative estimate of drug-likeness (QED) is 0.731. The largest absolute Gasteiger partial charge is 0.478 e. The van der Waals surface area contributed by atoms with Crippen molar-refractivity contribution >= 4 is 50.9 Å². The molecule has 0 aromatic heterocycles. The monoisotopic (exact) mass is 408 g/mol. The second kappa shape index (κ2) is 7.14. The average Bonchev–Trinajstić information content (AvgIpc) is 2.65. The Bertz CT molecular complexity index is 1050. The zero-order valence-electron chi connectivity index (χ0n) is 13.4. The van der Waals surface area contributed by atoms with Gasteiger partial charge in [-0.2, -0.15) is 8.42 Å². The number of amidine groups is 1. The summed E-state index contributed by atoms with van der Waals surface area (Å²) in [6.45, 7) is 1.69. The number of carbonyl (C=O) groups is 1. The summed E-state index contributed by atoms with van der Waals surface area (Å²) in [5.74, 6) is -1.28. The molecule has 0 aliphatic carbocycles. The Morgan fingerprint density at radius 3 is 2.62 bits per heavy atom. The molecule has 0 saturated carbocycles. The highest BCUT2D eigenvalue weighted by Crippen LogP contribution is 2.40. The van der Waals surface area contributed by atoms with Crippen molar-refractivity contribution in [3.05, 3.63) is 64.0 Å². The summed E-state index contributed by atoms with van der Waals surface area (Å²) < 4.78 is 29.3. The van der Waals surface area contributed by atoms with Crippen molar-refractivity contribution in [1.29, 1.82) is 0 Å². The molecule has 26 heavy (non-hydrogen) atoms. The standard InChI is InChI=1S/C17H13ClN2O4S2/c1-10-7-15-13(8-12(10)18)25-14(9-16(21)22)17(20-26(15,23)24)19-11-5-3-2-4-6-11/h2-9H,1H3,(H,19,20)(H,21,22)/b14-9+. The highest BCUT2D eigenvalue weighted by molar-refractivity contribution is 8.05. The number of sulfonamides is 1. The number of aliphatic carboxylic acids is 1. The van der Waals surface area contributed by atoms with Crippen LogP contribution in [0, 0.1) is 6.92 Å². The Morgan fingerprint density at radius 1 is 1.27 bits per heavy atom. The van der Waals surface area contributed by atoms with Crippen molar-refractivity contribution in [2.75, 3.05) is 5.32 Å². The van der Waals surface area contributed by atoms with Crippen LogP contribution in [-0.2, 0) is 14.8 Å². The van der Waals surface area contributed by atoms with Crippen LogP contribution in [0.4, 0.5) is 5.69 Å². The maximum atomic E-state index is 12.7. The van der Waals surface area contributed by atoms with Crippen molar-refractivity contribution in [3.63, 3.8) is 0 Å². The van der Waals surface area contributed by atoms with Gasteiger partial charge in [-0.05, 0) is 36.8 Å². The summed E-state index contributed by atoms with van der Waals surface area (Å²) in [4.78, 5) is 11.7. The number of rotatable bonds is 2. The lowest BCUT2D eigenvalue weighted by atomic mass is 10.2. The number of para-hydroxylation sites is 1. The second-order valence-electron chi connectivity index (χ2n) is 5.40. The number of benzene rings is 2. The minimum Gasteiger partial charge on any atom is -0.478 e. The third-order valence-electron chi connectivity index (χ3n) is 3.46. The molecule has 0 amide bonds. The van der Waals surface area contributed by atoms with Gasteiger partial charge in [0, 0.05) is 21.7 Å². The number of halogens is 1. The van der Waals surface area contributed by atoms with Gasteiger partial charge in [0.25, 0.3) is 10.0 Å². The topological polar surface area (TPSA) is 95.8 Å². The molecule has 134 valence electrons. The van der Waals surface area contributed by atoms with Crippen LogP contribution in [0.2, 0.25) is 5.02 Å². The summed E-state index contributed by atoms with van der Waals surface area (Å²) in [5, 5.41) is 12.4. The molecule has 0 unspecified atom stereocenters. The van der Waals surface area contributed by atoms with Crippen LogP contribution < -0.4 is 5.32 Å². The number of carboxylic acid groups (broad SMARTS) is 1. The molecule has 1 aliphatic rings. The number of aryl methyl sites for hydroxylation is 1.